The monoisotopic (exact) mass is 347 g/mol. The zero-order valence-electron chi connectivity index (χ0n) is 14.0. The molecular formula is C18H17N7O. The van der Waals surface area contributed by atoms with Crippen LogP contribution in [-0.4, -0.2) is 53.9 Å². The van der Waals surface area contributed by atoms with Gasteiger partial charge in [-0.05, 0) is 37.1 Å². The number of nitrogens with one attached hydrogen (secondary N) is 1. The predicted molar refractivity (Wildman–Crippen MR) is 94.8 cm³/mol. The fourth-order valence-corrected chi connectivity index (χ4v) is 3.59. The first kappa shape index (κ1) is 15.0. The number of fused-ring (bicyclic) bond motifs is 2. The van der Waals surface area contributed by atoms with Gasteiger partial charge in [-0.1, -0.05) is 0 Å². The number of amides is 1. The number of hydrogen-bond acceptors (Lipinski definition) is 5. The van der Waals surface area contributed by atoms with E-state index in [0.29, 0.717) is 17.0 Å². The van der Waals surface area contributed by atoms with E-state index in [2.05, 4.69) is 20.5 Å². The maximum absolute atomic E-state index is 12.8. The summed E-state index contributed by atoms with van der Waals surface area (Å²) in [4.78, 5) is 19.4. The fraction of sp³-hybridized carbons (Fsp3) is 0.278. The Labute approximate surface area is 148 Å². The van der Waals surface area contributed by atoms with Crippen LogP contribution in [0.4, 0.5) is 0 Å². The molecule has 0 aliphatic carbocycles. The van der Waals surface area contributed by atoms with Crippen molar-refractivity contribution >= 4 is 22.6 Å². The zero-order chi connectivity index (χ0) is 17.5. The molecule has 0 radical (unpaired) electrons. The molecular weight excluding hydrogens is 330 g/mol. The van der Waals surface area contributed by atoms with E-state index in [1.165, 1.54) is 0 Å². The molecule has 5 rings (SSSR count). The van der Waals surface area contributed by atoms with Gasteiger partial charge in [0.05, 0.1) is 6.20 Å². The van der Waals surface area contributed by atoms with Gasteiger partial charge in [0.15, 0.2) is 5.65 Å². The van der Waals surface area contributed by atoms with Crippen LogP contribution in [0.5, 0.6) is 0 Å². The SMILES string of the molecule is O=C(c1ccc2n[nH]nc2c1)N1CCC(c2ccn3nccc3n2)CC1. The number of benzene rings is 1. The number of carbonyl (C=O) groups excluding carboxylic acids is 1. The third kappa shape index (κ3) is 2.50. The second-order valence-electron chi connectivity index (χ2n) is 6.58. The number of hydrogen-bond donors (Lipinski definition) is 1. The second-order valence-corrected chi connectivity index (χ2v) is 6.58. The Kier molecular flexibility index (Phi) is 3.41. The molecule has 0 spiro atoms. The van der Waals surface area contributed by atoms with E-state index in [1.54, 1.807) is 16.8 Å². The predicted octanol–water partition coefficient (Wildman–Crippen LogP) is 2.02. The number of likely N-dealkylation sites (tertiary alicyclic amines) is 1. The smallest absolute Gasteiger partial charge is 0.253 e. The average molecular weight is 347 g/mol. The highest BCUT2D eigenvalue weighted by Gasteiger charge is 2.25. The summed E-state index contributed by atoms with van der Waals surface area (Å²) in [5, 5.41) is 14.8. The summed E-state index contributed by atoms with van der Waals surface area (Å²) >= 11 is 0. The highest BCUT2D eigenvalue weighted by atomic mass is 16.2. The molecule has 0 saturated carbocycles. The fourth-order valence-electron chi connectivity index (χ4n) is 3.59. The van der Waals surface area contributed by atoms with Crippen molar-refractivity contribution in [2.45, 2.75) is 18.8 Å². The van der Waals surface area contributed by atoms with E-state index in [0.717, 1.165) is 42.8 Å². The van der Waals surface area contributed by atoms with Gasteiger partial charge in [0.1, 0.15) is 11.0 Å². The van der Waals surface area contributed by atoms with E-state index in [-0.39, 0.29) is 5.91 Å². The molecule has 1 amide bonds. The van der Waals surface area contributed by atoms with Gasteiger partial charge in [0.2, 0.25) is 0 Å². The summed E-state index contributed by atoms with van der Waals surface area (Å²) in [7, 11) is 0. The van der Waals surface area contributed by atoms with Crippen molar-refractivity contribution in [2.75, 3.05) is 13.1 Å². The van der Waals surface area contributed by atoms with Gasteiger partial charge < -0.3 is 4.90 Å². The maximum atomic E-state index is 12.8. The number of rotatable bonds is 2. The molecule has 8 heteroatoms. The van der Waals surface area contributed by atoms with Crippen molar-refractivity contribution in [3.8, 4) is 0 Å². The lowest BCUT2D eigenvalue weighted by Crippen LogP contribution is -2.38. The average Bonchev–Trinajstić information content (AvgIpc) is 3.35. The highest BCUT2D eigenvalue weighted by molar-refractivity contribution is 5.97. The minimum Gasteiger partial charge on any atom is -0.339 e. The van der Waals surface area contributed by atoms with Crippen LogP contribution < -0.4 is 0 Å². The van der Waals surface area contributed by atoms with Crippen LogP contribution in [-0.2, 0) is 0 Å². The summed E-state index contributed by atoms with van der Waals surface area (Å²) in [5.74, 6) is 0.421. The first-order valence-electron chi connectivity index (χ1n) is 8.68. The third-order valence-corrected chi connectivity index (χ3v) is 5.04. The molecule has 8 nitrogen and oxygen atoms in total. The summed E-state index contributed by atoms with van der Waals surface area (Å²) < 4.78 is 1.77. The molecule has 26 heavy (non-hydrogen) atoms. The van der Waals surface area contributed by atoms with Gasteiger partial charge >= 0.3 is 0 Å². The van der Waals surface area contributed by atoms with Crippen LogP contribution in [0.1, 0.15) is 34.8 Å². The minimum absolute atomic E-state index is 0.0487. The topological polar surface area (TPSA) is 92.1 Å². The first-order chi connectivity index (χ1) is 12.8. The van der Waals surface area contributed by atoms with Crippen molar-refractivity contribution < 1.29 is 4.79 Å². The quantitative estimate of drug-likeness (QED) is 0.599. The molecule has 4 aromatic rings. The molecule has 1 saturated heterocycles. The number of piperidine rings is 1. The van der Waals surface area contributed by atoms with Crippen LogP contribution in [0.15, 0.2) is 42.7 Å². The van der Waals surface area contributed by atoms with Gasteiger partial charge in [-0.15, -0.1) is 0 Å². The van der Waals surface area contributed by atoms with Crippen LogP contribution in [0.25, 0.3) is 16.7 Å². The standard InChI is InChI=1S/C18H17N7O/c26-18(13-1-2-15-16(11-13)22-23-21-15)24-8-4-12(5-9-24)14-6-10-25-17(20-14)3-7-19-25/h1-3,6-7,10-12H,4-5,8-9H2,(H,21,22,23). The Bertz CT molecular complexity index is 1090. The molecule has 1 N–H and O–H groups in total. The summed E-state index contributed by atoms with van der Waals surface area (Å²) in [5.41, 5.74) is 4.07. The van der Waals surface area contributed by atoms with Crippen LogP contribution in [0.2, 0.25) is 0 Å². The normalized spacial score (nSPS) is 15.8. The molecule has 4 heterocycles. The largest absolute Gasteiger partial charge is 0.339 e. The summed E-state index contributed by atoms with van der Waals surface area (Å²) in [6.45, 7) is 1.46. The highest BCUT2D eigenvalue weighted by Crippen LogP contribution is 2.28. The molecule has 130 valence electrons. The zero-order valence-corrected chi connectivity index (χ0v) is 14.0. The van der Waals surface area contributed by atoms with E-state index in [1.807, 2.05) is 35.4 Å². The summed E-state index contributed by atoms with van der Waals surface area (Å²) in [6.07, 6.45) is 5.52. The van der Waals surface area contributed by atoms with Gasteiger partial charge in [-0.2, -0.15) is 20.5 Å². The Balaban J connectivity index is 1.30. The number of H-pyrrole nitrogens is 1. The van der Waals surface area contributed by atoms with Crippen LogP contribution in [0.3, 0.4) is 0 Å². The molecule has 1 aliphatic heterocycles. The lowest BCUT2D eigenvalue weighted by molar-refractivity contribution is 0.0712. The number of aromatic amines is 1. The lowest BCUT2D eigenvalue weighted by atomic mass is 9.93. The van der Waals surface area contributed by atoms with E-state index >= 15 is 0 Å². The van der Waals surface area contributed by atoms with Crippen molar-refractivity contribution in [2.24, 2.45) is 0 Å². The Hall–Kier alpha value is -3.29. The molecule has 0 atom stereocenters. The van der Waals surface area contributed by atoms with Crippen molar-refractivity contribution in [3.63, 3.8) is 0 Å². The molecule has 3 aromatic heterocycles. The van der Waals surface area contributed by atoms with Gasteiger partial charge in [0, 0.05) is 42.5 Å². The Morgan fingerprint density at radius 3 is 2.81 bits per heavy atom. The van der Waals surface area contributed by atoms with Crippen molar-refractivity contribution in [1.82, 2.24) is 34.9 Å². The molecule has 1 aliphatic rings. The molecule has 0 bridgehead atoms. The van der Waals surface area contributed by atoms with E-state index in [9.17, 15) is 4.79 Å². The van der Waals surface area contributed by atoms with E-state index in [4.69, 9.17) is 4.98 Å². The molecule has 1 fully saturated rings. The Morgan fingerprint density at radius 2 is 1.92 bits per heavy atom. The number of aromatic nitrogens is 6. The molecule has 0 unspecified atom stereocenters. The van der Waals surface area contributed by atoms with Gasteiger partial charge in [0.25, 0.3) is 5.91 Å². The van der Waals surface area contributed by atoms with E-state index < -0.39 is 0 Å². The Morgan fingerprint density at radius 1 is 1.08 bits per heavy atom. The summed E-state index contributed by atoms with van der Waals surface area (Å²) in [6, 6.07) is 9.36. The third-order valence-electron chi connectivity index (χ3n) is 5.04. The first-order valence-corrected chi connectivity index (χ1v) is 8.68. The van der Waals surface area contributed by atoms with Gasteiger partial charge in [-0.3, -0.25) is 4.79 Å². The second kappa shape index (κ2) is 5.91. The number of nitrogens with zero attached hydrogens (tertiary/aromatic N) is 6. The number of carbonyl (C=O) groups is 1. The molecule has 1 aromatic carbocycles. The van der Waals surface area contributed by atoms with Crippen LogP contribution in [0, 0.1) is 0 Å². The minimum atomic E-state index is 0.0487. The van der Waals surface area contributed by atoms with Crippen molar-refractivity contribution in [3.05, 3.63) is 54.0 Å². The van der Waals surface area contributed by atoms with Crippen LogP contribution >= 0.6 is 0 Å². The van der Waals surface area contributed by atoms with Gasteiger partial charge in [-0.25, -0.2) is 9.50 Å². The van der Waals surface area contributed by atoms with Crippen molar-refractivity contribution in [1.29, 1.82) is 0 Å². The lowest BCUT2D eigenvalue weighted by Gasteiger charge is -2.31. The maximum Gasteiger partial charge on any atom is 0.253 e.